The maximum absolute atomic E-state index is 12.7. The van der Waals surface area contributed by atoms with Crippen molar-refractivity contribution in [2.24, 2.45) is 0 Å². The number of halogens is 3. The zero-order chi connectivity index (χ0) is 10.0. The first-order valence-electron chi connectivity index (χ1n) is 3.41. The number of hydrogen-bond acceptors (Lipinski definition) is 2. The molecule has 1 aromatic rings. The average Bonchev–Trinajstić information content (AvgIpc) is 2.04. The van der Waals surface area contributed by atoms with E-state index >= 15 is 0 Å². The number of pyridine rings is 1. The van der Waals surface area contributed by atoms with E-state index in [0.29, 0.717) is 0 Å². The summed E-state index contributed by atoms with van der Waals surface area (Å²) in [5.41, 5.74) is -0.874. The van der Waals surface area contributed by atoms with Crippen molar-refractivity contribution in [1.82, 2.24) is 4.98 Å². The van der Waals surface area contributed by atoms with Gasteiger partial charge in [-0.15, -0.1) is 0 Å². The minimum atomic E-state index is -2.94. The highest BCUT2D eigenvalue weighted by molar-refractivity contribution is 5.40. The topological polar surface area (TPSA) is 36.7 Å². The molecule has 0 saturated carbocycles. The molecule has 0 N–H and O–H groups in total. The first-order chi connectivity index (χ1) is 6.07. The van der Waals surface area contributed by atoms with Crippen LogP contribution in [0.2, 0.25) is 0 Å². The first-order valence-corrected chi connectivity index (χ1v) is 3.41. The summed E-state index contributed by atoms with van der Waals surface area (Å²) in [6, 6.07) is 1.66. The Labute approximate surface area is 72.6 Å². The van der Waals surface area contributed by atoms with Crippen molar-refractivity contribution < 1.29 is 13.2 Å². The Morgan fingerprint density at radius 3 is 2.62 bits per heavy atom. The molecular formula is C8H5F3N2. The van der Waals surface area contributed by atoms with Crippen molar-refractivity contribution in [3.63, 3.8) is 0 Å². The van der Waals surface area contributed by atoms with Gasteiger partial charge in [-0.05, 0) is 12.5 Å². The number of hydrogen-bond donors (Lipinski definition) is 0. The molecule has 0 aliphatic carbocycles. The van der Waals surface area contributed by atoms with Gasteiger partial charge < -0.3 is 0 Å². The highest BCUT2D eigenvalue weighted by atomic mass is 19.3. The molecule has 0 spiro atoms. The molecule has 0 bridgehead atoms. The predicted octanol–water partition coefficient (Wildman–Crippen LogP) is 2.34. The van der Waals surface area contributed by atoms with E-state index in [0.717, 1.165) is 6.20 Å². The number of nitriles is 1. The zero-order valence-corrected chi connectivity index (χ0v) is 6.68. The van der Waals surface area contributed by atoms with E-state index in [1.165, 1.54) is 6.92 Å². The number of aromatic nitrogens is 1. The quantitative estimate of drug-likeness (QED) is 0.631. The van der Waals surface area contributed by atoms with Gasteiger partial charge in [-0.1, -0.05) is 0 Å². The molecule has 1 rings (SSSR count). The minimum absolute atomic E-state index is 0.0308. The fourth-order valence-electron chi connectivity index (χ4n) is 0.954. The Morgan fingerprint density at radius 1 is 1.54 bits per heavy atom. The largest absolute Gasteiger partial charge is 0.268 e. The molecule has 0 fully saturated rings. The molecule has 0 amide bonds. The predicted molar refractivity (Wildman–Crippen MR) is 38.6 cm³/mol. The van der Waals surface area contributed by atoms with Crippen molar-refractivity contribution in [3.05, 3.63) is 28.8 Å². The van der Waals surface area contributed by atoms with Crippen molar-refractivity contribution >= 4 is 0 Å². The molecule has 1 aromatic heterocycles. The average molecular weight is 186 g/mol. The van der Waals surface area contributed by atoms with Crippen LogP contribution in [0.3, 0.4) is 0 Å². The third-order valence-electron chi connectivity index (χ3n) is 1.68. The highest BCUT2D eigenvalue weighted by Crippen LogP contribution is 2.25. The molecule has 1 heterocycles. The summed E-state index contributed by atoms with van der Waals surface area (Å²) in [4.78, 5) is 3.06. The number of alkyl halides is 2. The molecule has 13 heavy (non-hydrogen) atoms. The normalized spacial score (nSPS) is 10.2. The third-order valence-corrected chi connectivity index (χ3v) is 1.68. The Bertz CT molecular complexity index is 368. The van der Waals surface area contributed by atoms with E-state index in [1.54, 1.807) is 6.07 Å². The van der Waals surface area contributed by atoms with Crippen LogP contribution in [0, 0.1) is 24.2 Å². The molecule has 0 aliphatic heterocycles. The molecule has 0 aromatic carbocycles. The van der Waals surface area contributed by atoms with Crippen LogP contribution < -0.4 is 0 Å². The van der Waals surface area contributed by atoms with E-state index in [9.17, 15) is 13.2 Å². The van der Waals surface area contributed by atoms with Crippen molar-refractivity contribution in [1.29, 1.82) is 5.26 Å². The molecule has 0 radical (unpaired) electrons. The number of nitrogens with zero attached hydrogens (tertiary/aromatic N) is 2. The van der Waals surface area contributed by atoms with Gasteiger partial charge in [0.1, 0.15) is 6.07 Å². The Kier molecular flexibility index (Phi) is 2.52. The van der Waals surface area contributed by atoms with Crippen LogP contribution in [0.4, 0.5) is 13.2 Å². The maximum atomic E-state index is 12.7. The monoisotopic (exact) mass is 186 g/mol. The molecule has 5 heteroatoms. The van der Waals surface area contributed by atoms with Crippen LogP contribution in [-0.4, -0.2) is 4.98 Å². The smallest absolute Gasteiger partial charge is 0.226 e. The molecule has 0 aliphatic rings. The SMILES string of the molecule is Cc1c(C#N)cnc(F)c1C(F)F. The Hall–Kier alpha value is -1.57. The van der Waals surface area contributed by atoms with E-state index in [1.807, 2.05) is 0 Å². The standard InChI is InChI=1S/C8H5F3N2/c1-4-5(2-12)3-13-8(11)6(4)7(9)10/h3,7H,1H3. The highest BCUT2D eigenvalue weighted by Gasteiger charge is 2.19. The van der Waals surface area contributed by atoms with Gasteiger partial charge in [0.25, 0.3) is 6.43 Å². The van der Waals surface area contributed by atoms with Crippen molar-refractivity contribution in [3.8, 4) is 6.07 Å². The van der Waals surface area contributed by atoms with E-state index in [2.05, 4.69) is 4.98 Å². The summed E-state index contributed by atoms with van der Waals surface area (Å²) in [5, 5.41) is 8.46. The van der Waals surface area contributed by atoms with Crippen LogP contribution >= 0.6 is 0 Å². The molecule has 0 atom stereocenters. The van der Waals surface area contributed by atoms with Gasteiger partial charge in [0.2, 0.25) is 5.95 Å². The van der Waals surface area contributed by atoms with Gasteiger partial charge in [-0.2, -0.15) is 9.65 Å². The fraction of sp³-hybridized carbons (Fsp3) is 0.250. The molecule has 68 valence electrons. The second kappa shape index (κ2) is 3.44. The number of rotatable bonds is 1. The third kappa shape index (κ3) is 1.61. The summed E-state index contributed by atoms with van der Waals surface area (Å²) < 4.78 is 37.1. The molecular weight excluding hydrogens is 181 g/mol. The van der Waals surface area contributed by atoms with Gasteiger partial charge >= 0.3 is 0 Å². The minimum Gasteiger partial charge on any atom is -0.226 e. The van der Waals surface area contributed by atoms with Crippen LogP contribution in [0.25, 0.3) is 0 Å². The van der Waals surface area contributed by atoms with E-state index in [4.69, 9.17) is 5.26 Å². The van der Waals surface area contributed by atoms with Crippen molar-refractivity contribution in [2.75, 3.05) is 0 Å². The lowest BCUT2D eigenvalue weighted by Gasteiger charge is -2.05. The second-order valence-electron chi connectivity index (χ2n) is 2.41. The van der Waals surface area contributed by atoms with Gasteiger partial charge in [-0.3, -0.25) is 0 Å². The molecule has 0 unspecified atom stereocenters. The van der Waals surface area contributed by atoms with E-state index in [-0.39, 0.29) is 11.1 Å². The lowest BCUT2D eigenvalue weighted by atomic mass is 10.1. The van der Waals surface area contributed by atoms with Crippen LogP contribution in [0.1, 0.15) is 23.1 Å². The second-order valence-corrected chi connectivity index (χ2v) is 2.41. The van der Waals surface area contributed by atoms with Crippen LogP contribution in [0.15, 0.2) is 6.20 Å². The summed E-state index contributed by atoms with van der Waals surface area (Å²) in [7, 11) is 0. The van der Waals surface area contributed by atoms with Gasteiger partial charge in [0, 0.05) is 6.20 Å². The van der Waals surface area contributed by atoms with Gasteiger partial charge in [-0.25, -0.2) is 13.8 Å². The first kappa shape index (κ1) is 9.52. The lowest BCUT2D eigenvalue weighted by Crippen LogP contribution is -2.00. The summed E-state index contributed by atoms with van der Waals surface area (Å²) in [6.07, 6.45) is -2.00. The fourth-order valence-corrected chi connectivity index (χ4v) is 0.954. The molecule has 0 saturated heterocycles. The Morgan fingerprint density at radius 2 is 2.15 bits per heavy atom. The maximum Gasteiger partial charge on any atom is 0.268 e. The summed E-state index contributed by atoms with van der Waals surface area (Å²) >= 11 is 0. The summed E-state index contributed by atoms with van der Waals surface area (Å²) in [5.74, 6) is -1.22. The van der Waals surface area contributed by atoms with E-state index < -0.39 is 17.9 Å². The van der Waals surface area contributed by atoms with Gasteiger partial charge in [0.15, 0.2) is 0 Å². The van der Waals surface area contributed by atoms with Gasteiger partial charge in [0.05, 0.1) is 11.1 Å². The summed E-state index contributed by atoms with van der Waals surface area (Å²) in [6.45, 7) is 1.27. The lowest BCUT2D eigenvalue weighted by molar-refractivity contribution is 0.144. The molecule has 2 nitrogen and oxygen atoms in total. The van der Waals surface area contributed by atoms with Crippen LogP contribution in [0.5, 0.6) is 0 Å². The zero-order valence-electron chi connectivity index (χ0n) is 6.68. The van der Waals surface area contributed by atoms with Crippen molar-refractivity contribution in [2.45, 2.75) is 13.3 Å². The van der Waals surface area contributed by atoms with Crippen LogP contribution in [-0.2, 0) is 0 Å². The Balaban J connectivity index is 3.41.